The first kappa shape index (κ1) is 12.6. The lowest BCUT2D eigenvalue weighted by Gasteiger charge is -2.23. The van der Waals surface area contributed by atoms with Gasteiger partial charge in [-0.2, -0.15) is 0 Å². The number of nitrogens with two attached hydrogens (primary N) is 1. The molecule has 4 heteroatoms. The number of hydrogen-bond acceptors (Lipinski definition) is 3. The van der Waals surface area contributed by atoms with Crippen LogP contribution in [0.3, 0.4) is 0 Å². The molecule has 0 bridgehead atoms. The van der Waals surface area contributed by atoms with Crippen LogP contribution in [0.15, 0.2) is 17.5 Å². The molecule has 2 N–H and O–H groups in total. The van der Waals surface area contributed by atoms with Crippen molar-refractivity contribution < 1.29 is 4.79 Å². The molecule has 1 aliphatic carbocycles. The Morgan fingerprint density at radius 3 is 3.00 bits per heavy atom. The molecule has 0 saturated heterocycles. The standard InChI is InChI=1S/C13H20N2OS/c1-15(8-7-10-4-3-9-17-10)13(16)11-5-2-6-12(11)14/h3-4,9,11-12H,2,5-8,14H2,1H3. The summed E-state index contributed by atoms with van der Waals surface area (Å²) >= 11 is 1.75. The topological polar surface area (TPSA) is 46.3 Å². The largest absolute Gasteiger partial charge is 0.345 e. The van der Waals surface area contributed by atoms with Gasteiger partial charge < -0.3 is 10.6 Å². The van der Waals surface area contributed by atoms with Gasteiger partial charge in [0.1, 0.15) is 0 Å². The highest BCUT2D eigenvalue weighted by molar-refractivity contribution is 7.09. The maximum Gasteiger partial charge on any atom is 0.226 e. The molecule has 2 rings (SSSR count). The smallest absolute Gasteiger partial charge is 0.226 e. The minimum atomic E-state index is 0.0586. The van der Waals surface area contributed by atoms with Gasteiger partial charge >= 0.3 is 0 Å². The number of amides is 1. The van der Waals surface area contributed by atoms with Crippen molar-refractivity contribution in [2.24, 2.45) is 11.7 Å². The van der Waals surface area contributed by atoms with Crippen LogP contribution in [-0.2, 0) is 11.2 Å². The van der Waals surface area contributed by atoms with E-state index in [9.17, 15) is 4.79 Å². The van der Waals surface area contributed by atoms with Gasteiger partial charge in [0.2, 0.25) is 5.91 Å². The molecule has 0 spiro atoms. The summed E-state index contributed by atoms with van der Waals surface area (Å²) in [7, 11) is 1.89. The van der Waals surface area contributed by atoms with Crippen molar-refractivity contribution in [2.45, 2.75) is 31.7 Å². The summed E-state index contributed by atoms with van der Waals surface area (Å²) in [6.45, 7) is 0.794. The van der Waals surface area contributed by atoms with E-state index in [4.69, 9.17) is 5.73 Å². The van der Waals surface area contributed by atoms with Crippen molar-refractivity contribution in [3.8, 4) is 0 Å². The van der Waals surface area contributed by atoms with Crippen molar-refractivity contribution in [1.82, 2.24) is 4.90 Å². The molecule has 0 radical (unpaired) electrons. The first-order valence-corrected chi connectivity index (χ1v) is 7.09. The fourth-order valence-corrected chi connectivity index (χ4v) is 3.12. The minimum absolute atomic E-state index is 0.0586. The van der Waals surface area contributed by atoms with Gasteiger partial charge in [-0.3, -0.25) is 4.79 Å². The van der Waals surface area contributed by atoms with Crippen molar-refractivity contribution in [1.29, 1.82) is 0 Å². The number of carbonyl (C=O) groups is 1. The Balaban J connectivity index is 1.83. The molecule has 1 amide bonds. The highest BCUT2D eigenvalue weighted by Gasteiger charge is 2.31. The zero-order valence-corrected chi connectivity index (χ0v) is 11.1. The highest BCUT2D eigenvalue weighted by atomic mass is 32.1. The summed E-state index contributed by atoms with van der Waals surface area (Å²) in [6.07, 6.45) is 4.00. The summed E-state index contributed by atoms with van der Waals surface area (Å²) in [4.78, 5) is 15.3. The van der Waals surface area contributed by atoms with Crippen molar-refractivity contribution >= 4 is 17.2 Å². The summed E-state index contributed by atoms with van der Waals surface area (Å²) in [5, 5.41) is 2.07. The first-order chi connectivity index (χ1) is 8.18. The molecule has 1 aliphatic rings. The maximum atomic E-state index is 12.2. The van der Waals surface area contributed by atoms with Gasteiger partial charge in [0, 0.05) is 24.5 Å². The molecule has 3 nitrogen and oxygen atoms in total. The average Bonchev–Trinajstić information content (AvgIpc) is 2.95. The van der Waals surface area contributed by atoms with Crippen LogP contribution in [0.1, 0.15) is 24.1 Å². The number of likely N-dealkylation sites (N-methyl/N-ethyl adjacent to an activating group) is 1. The Bertz CT molecular complexity index is 364. The lowest BCUT2D eigenvalue weighted by Crippen LogP contribution is -2.40. The third-order valence-corrected chi connectivity index (χ3v) is 4.47. The SMILES string of the molecule is CN(CCc1cccs1)C(=O)C1CCCC1N. The molecule has 1 saturated carbocycles. The predicted octanol–water partition coefficient (Wildman–Crippen LogP) is 1.88. The molecule has 0 aliphatic heterocycles. The van der Waals surface area contributed by atoms with Gasteiger partial charge in [-0.1, -0.05) is 12.5 Å². The second kappa shape index (κ2) is 5.65. The molecule has 1 fully saturated rings. The van der Waals surface area contributed by atoms with E-state index >= 15 is 0 Å². The van der Waals surface area contributed by atoms with Crippen LogP contribution < -0.4 is 5.73 Å². The summed E-state index contributed by atoms with van der Waals surface area (Å²) in [5.74, 6) is 0.287. The molecule has 1 aromatic heterocycles. The molecule has 94 valence electrons. The van der Waals surface area contributed by atoms with Crippen molar-refractivity contribution in [3.63, 3.8) is 0 Å². The van der Waals surface area contributed by atoms with E-state index in [-0.39, 0.29) is 17.9 Å². The van der Waals surface area contributed by atoms with Gasteiger partial charge in [-0.25, -0.2) is 0 Å². The van der Waals surface area contributed by atoms with Gasteiger partial charge in [-0.15, -0.1) is 11.3 Å². The Morgan fingerprint density at radius 2 is 2.41 bits per heavy atom. The third kappa shape index (κ3) is 3.07. The van der Waals surface area contributed by atoms with E-state index in [0.29, 0.717) is 0 Å². The predicted molar refractivity (Wildman–Crippen MR) is 71.0 cm³/mol. The monoisotopic (exact) mass is 252 g/mol. The number of hydrogen-bond donors (Lipinski definition) is 1. The Labute approximate surface area is 107 Å². The van der Waals surface area contributed by atoms with Gasteiger partial charge in [0.15, 0.2) is 0 Å². The lowest BCUT2D eigenvalue weighted by molar-refractivity contribution is -0.134. The van der Waals surface area contributed by atoms with E-state index in [1.165, 1.54) is 4.88 Å². The normalized spacial score (nSPS) is 23.9. The zero-order chi connectivity index (χ0) is 12.3. The Morgan fingerprint density at radius 1 is 1.59 bits per heavy atom. The van der Waals surface area contributed by atoms with E-state index in [1.807, 2.05) is 11.9 Å². The van der Waals surface area contributed by atoms with Crippen LogP contribution >= 0.6 is 11.3 Å². The average molecular weight is 252 g/mol. The lowest BCUT2D eigenvalue weighted by atomic mass is 10.0. The quantitative estimate of drug-likeness (QED) is 0.889. The van der Waals surface area contributed by atoms with Gasteiger partial charge in [0.25, 0.3) is 0 Å². The summed E-state index contributed by atoms with van der Waals surface area (Å²) < 4.78 is 0. The summed E-state index contributed by atoms with van der Waals surface area (Å²) in [6, 6.07) is 4.24. The Kier molecular flexibility index (Phi) is 4.18. The van der Waals surface area contributed by atoms with E-state index in [0.717, 1.165) is 32.2 Å². The summed E-state index contributed by atoms with van der Waals surface area (Å²) in [5.41, 5.74) is 5.96. The van der Waals surface area contributed by atoms with E-state index in [1.54, 1.807) is 11.3 Å². The third-order valence-electron chi connectivity index (χ3n) is 3.54. The molecule has 2 unspecified atom stereocenters. The first-order valence-electron chi connectivity index (χ1n) is 6.21. The number of nitrogens with zero attached hydrogens (tertiary/aromatic N) is 1. The van der Waals surface area contributed by atoms with Crippen LogP contribution in [0, 0.1) is 5.92 Å². The highest BCUT2D eigenvalue weighted by Crippen LogP contribution is 2.25. The van der Waals surface area contributed by atoms with Crippen LogP contribution in [0.25, 0.3) is 0 Å². The molecule has 1 heterocycles. The number of rotatable bonds is 4. The molecular weight excluding hydrogens is 232 g/mol. The van der Waals surface area contributed by atoms with Gasteiger partial charge in [-0.05, 0) is 30.7 Å². The Hall–Kier alpha value is -0.870. The van der Waals surface area contributed by atoms with E-state index in [2.05, 4.69) is 17.5 Å². The zero-order valence-electron chi connectivity index (χ0n) is 10.3. The molecular formula is C13H20N2OS. The number of carbonyl (C=O) groups excluding carboxylic acids is 1. The van der Waals surface area contributed by atoms with Crippen LogP contribution in [-0.4, -0.2) is 30.4 Å². The minimum Gasteiger partial charge on any atom is -0.345 e. The number of thiophene rings is 1. The van der Waals surface area contributed by atoms with Gasteiger partial charge in [0.05, 0.1) is 5.92 Å². The van der Waals surface area contributed by atoms with Crippen LogP contribution in [0.2, 0.25) is 0 Å². The van der Waals surface area contributed by atoms with Crippen LogP contribution in [0.5, 0.6) is 0 Å². The van der Waals surface area contributed by atoms with Crippen molar-refractivity contribution in [3.05, 3.63) is 22.4 Å². The molecule has 1 aromatic rings. The fourth-order valence-electron chi connectivity index (χ4n) is 2.42. The van der Waals surface area contributed by atoms with E-state index < -0.39 is 0 Å². The molecule has 17 heavy (non-hydrogen) atoms. The van der Waals surface area contributed by atoms with Crippen molar-refractivity contribution in [2.75, 3.05) is 13.6 Å². The van der Waals surface area contributed by atoms with Crippen LogP contribution in [0.4, 0.5) is 0 Å². The molecule has 2 atom stereocenters. The molecule has 0 aromatic carbocycles. The maximum absolute atomic E-state index is 12.2. The fraction of sp³-hybridized carbons (Fsp3) is 0.615. The second-order valence-electron chi connectivity index (χ2n) is 4.79. The second-order valence-corrected chi connectivity index (χ2v) is 5.82.